The summed E-state index contributed by atoms with van der Waals surface area (Å²) in [6.07, 6.45) is 0. The van der Waals surface area contributed by atoms with Crippen LogP contribution in [-0.2, 0) is 6.54 Å². The Kier molecular flexibility index (Phi) is 5.05. The molecule has 0 aromatic carbocycles. The summed E-state index contributed by atoms with van der Waals surface area (Å²) in [6, 6.07) is 4.65. The Labute approximate surface area is 101 Å². The van der Waals surface area contributed by atoms with Crippen molar-refractivity contribution >= 4 is 28.7 Å². The van der Waals surface area contributed by atoms with E-state index in [0.717, 1.165) is 18.2 Å². The summed E-state index contributed by atoms with van der Waals surface area (Å²) >= 11 is 7.12. The number of rotatable bonds is 4. The molecule has 0 aliphatic heterocycles. The smallest absolute Gasteiger partial charge is 0.169 e. The molecule has 1 aromatic rings. The van der Waals surface area contributed by atoms with Gasteiger partial charge in [-0.2, -0.15) is 0 Å². The zero-order valence-electron chi connectivity index (χ0n) is 9.49. The van der Waals surface area contributed by atoms with Crippen LogP contribution in [0.2, 0.25) is 0 Å². The summed E-state index contributed by atoms with van der Waals surface area (Å²) in [6.45, 7) is 8.18. The fraction of sp³-hybridized carbons (Fsp3) is 0.545. The van der Waals surface area contributed by atoms with Gasteiger partial charge in [0.05, 0.1) is 6.54 Å². The van der Waals surface area contributed by atoms with Crippen LogP contribution in [0.3, 0.4) is 0 Å². The van der Waals surface area contributed by atoms with E-state index in [1.54, 1.807) is 11.3 Å². The van der Waals surface area contributed by atoms with E-state index in [1.165, 1.54) is 4.88 Å². The van der Waals surface area contributed by atoms with Crippen LogP contribution >= 0.6 is 23.6 Å². The van der Waals surface area contributed by atoms with Crippen LogP contribution in [0.5, 0.6) is 0 Å². The van der Waals surface area contributed by atoms with Crippen molar-refractivity contribution in [3.05, 3.63) is 22.4 Å². The van der Waals surface area contributed by atoms with Crippen LogP contribution < -0.4 is 5.32 Å². The van der Waals surface area contributed by atoms with Gasteiger partial charge in [-0.15, -0.1) is 11.3 Å². The number of nitrogens with one attached hydrogen (secondary N) is 1. The molecule has 1 aromatic heterocycles. The van der Waals surface area contributed by atoms with Crippen molar-refractivity contribution in [2.75, 3.05) is 6.54 Å². The third-order valence-electron chi connectivity index (χ3n) is 2.12. The zero-order valence-corrected chi connectivity index (χ0v) is 11.1. The summed E-state index contributed by atoms with van der Waals surface area (Å²) in [5, 5.41) is 6.15. The molecule has 1 rings (SSSR count). The second-order valence-electron chi connectivity index (χ2n) is 3.64. The molecule has 0 spiro atoms. The van der Waals surface area contributed by atoms with Crippen molar-refractivity contribution in [2.45, 2.75) is 33.4 Å². The molecule has 1 N–H and O–H groups in total. The van der Waals surface area contributed by atoms with Crippen molar-refractivity contribution in [2.24, 2.45) is 0 Å². The zero-order chi connectivity index (χ0) is 11.3. The van der Waals surface area contributed by atoms with Gasteiger partial charge in [0.25, 0.3) is 0 Å². The molecule has 0 radical (unpaired) electrons. The van der Waals surface area contributed by atoms with E-state index in [2.05, 4.69) is 48.5 Å². The summed E-state index contributed by atoms with van der Waals surface area (Å²) in [4.78, 5) is 3.56. The lowest BCUT2D eigenvalue weighted by molar-refractivity contribution is 0.341. The third-order valence-corrected chi connectivity index (χ3v) is 3.36. The minimum atomic E-state index is 0.429. The maximum atomic E-state index is 5.34. The minimum absolute atomic E-state index is 0.429. The highest BCUT2D eigenvalue weighted by molar-refractivity contribution is 7.80. The Morgan fingerprint density at radius 3 is 2.80 bits per heavy atom. The fourth-order valence-corrected chi connectivity index (χ4v) is 2.43. The van der Waals surface area contributed by atoms with Gasteiger partial charge in [0, 0.05) is 17.5 Å². The monoisotopic (exact) mass is 242 g/mol. The topological polar surface area (TPSA) is 15.3 Å². The van der Waals surface area contributed by atoms with E-state index in [0.29, 0.717) is 6.04 Å². The van der Waals surface area contributed by atoms with E-state index >= 15 is 0 Å². The van der Waals surface area contributed by atoms with Crippen molar-refractivity contribution in [1.29, 1.82) is 0 Å². The molecule has 0 fully saturated rings. The van der Waals surface area contributed by atoms with E-state index < -0.39 is 0 Å². The van der Waals surface area contributed by atoms with Gasteiger partial charge in [-0.3, -0.25) is 0 Å². The van der Waals surface area contributed by atoms with Gasteiger partial charge in [0.15, 0.2) is 5.11 Å². The van der Waals surface area contributed by atoms with E-state index in [4.69, 9.17) is 12.2 Å². The van der Waals surface area contributed by atoms with Crippen molar-refractivity contribution in [3.8, 4) is 0 Å². The van der Waals surface area contributed by atoms with Crippen LogP contribution in [0.4, 0.5) is 0 Å². The average molecular weight is 242 g/mol. The Morgan fingerprint density at radius 1 is 1.60 bits per heavy atom. The minimum Gasteiger partial charge on any atom is -0.363 e. The van der Waals surface area contributed by atoms with Crippen LogP contribution in [0.25, 0.3) is 0 Å². The molecule has 0 saturated heterocycles. The Morgan fingerprint density at radius 2 is 2.33 bits per heavy atom. The highest BCUT2D eigenvalue weighted by Crippen LogP contribution is 2.13. The molecule has 0 amide bonds. The molecule has 0 unspecified atom stereocenters. The van der Waals surface area contributed by atoms with Crippen molar-refractivity contribution in [3.63, 3.8) is 0 Å². The summed E-state index contributed by atoms with van der Waals surface area (Å²) in [5.74, 6) is 0. The van der Waals surface area contributed by atoms with E-state index in [9.17, 15) is 0 Å². The first-order valence-electron chi connectivity index (χ1n) is 5.22. The van der Waals surface area contributed by atoms with Crippen LogP contribution in [0.1, 0.15) is 25.6 Å². The average Bonchev–Trinajstić information content (AvgIpc) is 2.66. The molecule has 0 saturated carbocycles. The van der Waals surface area contributed by atoms with Crippen LogP contribution in [0, 0.1) is 0 Å². The van der Waals surface area contributed by atoms with Crippen molar-refractivity contribution in [1.82, 2.24) is 10.2 Å². The second kappa shape index (κ2) is 6.08. The fourth-order valence-electron chi connectivity index (χ4n) is 1.31. The lowest BCUT2D eigenvalue weighted by Crippen LogP contribution is -2.42. The Hall–Kier alpha value is -0.610. The quantitative estimate of drug-likeness (QED) is 0.817. The first-order chi connectivity index (χ1) is 7.15. The van der Waals surface area contributed by atoms with Gasteiger partial charge in [-0.05, 0) is 44.4 Å². The van der Waals surface area contributed by atoms with Gasteiger partial charge in [0.2, 0.25) is 0 Å². The van der Waals surface area contributed by atoms with Gasteiger partial charge in [-0.1, -0.05) is 6.07 Å². The lowest BCUT2D eigenvalue weighted by Gasteiger charge is -2.29. The molecule has 15 heavy (non-hydrogen) atoms. The first kappa shape index (κ1) is 12.5. The lowest BCUT2D eigenvalue weighted by atomic mass is 10.3. The highest BCUT2D eigenvalue weighted by Gasteiger charge is 2.13. The van der Waals surface area contributed by atoms with E-state index in [1.807, 2.05) is 0 Å². The SMILES string of the molecule is CCNC(=S)N(Cc1cccs1)C(C)C. The molecule has 0 bridgehead atoms. The van der Waals surface area contributed by atoms with E-state index in [-0.39, 0.29) is 0 Å². The summed E-state index contributed by atoms with van der Waals surface area (Å²) in [5.41, 5.74) is 0. The van der Waals surface area contributed by atoms with Gasteiger partial charge >= 0.3 is 0 Å². The van der Waals surface area contributed by atoms with Crippen LogP contribution in [-0.4, -0.2) is 22.6 Å². The molecular formula is C11H18N2S2. The Bertz CT molecular complexity index is 294. The number of thiocarbonyl (C=S) groups is 1. The molecule has 2 nitrogen and oxygen atoms in total. The predicted octanol–water partition coefficient (Wildman–Crippen LogP) is 2.85. The second-order valence-corrected chi connectivity index (χ2v) is 5.06. The van der Waals surface area contributed by atoms with Crippen LogP contribution in [0.15, 0.2) is 17.5 Å². The predicted molar refractivity (Wildman–Crippen MR) is 71.3 cm³/mol. The number of hydrogen-bond donors (Lipinski definition) is 1. The third kappa shape index (κ3) is 3.80. The molecule has 0 aliphatic carbocycles. The number of nitrogens with zero attached hydrogens (tertiary/aromatic N) is 1. The maximum Gasteiger partial charge on any atom is 0.169 e. The largest absolute Gasteiger partial charge is 0.363 e. The van der Waals surface area contributed by atoms with Gasteiger partial charge in [0.1, 0.15) is 0 Å². The normalized spacial score (nSPS) is 10.4. The molecule has 0 atom stereocenters. The van der Waals surface area contributed by atoms with Crippen molar-refractivity contribution < 1.29 is 0 Å². The molecule has 4 heteroatoms. The summed E-state index contributed by atoms with van der Waals surface area (Å²) < 4.78 is 0. The molecular weight excluding hydrogens is 224 g/mol. The summed E-state index contributed by atoms with van der Waals surface area (Å²) in [7, 11) is 0. The van der Waals surface area contributed by atoms with Gasteiger partial charge < -0.3 is 10.2 Å². The molecule has 0 aliphatic rings. The maximum absolute atomic E-state index is 5.34. The van der Waals surface area contributed by atoms with Gasteiger partial charge in [-0.25, -0.2) is 0 Å². The standard InChI is InChI=1S/C11H18N2S2/c1-4-12-11(14)13(9(2)3)8-10-6-5-7-15-10/h5-7,9H,4,8H2,1-3H3,(H,12,14). The molecule has 84 valence electrons. The molecule has 1 heterocycles. The highest BCUT2D eigenvalue weighted by atomic mass is 32.1. The first-order valence-corrected chi connectivity index (χ1v) is 6.50. The number of hydrogen-bond acceptors (Lipinski definition) is 2. The Balaban J connectivity index is 2.62. The number of thiophene rings is 1.